The number of aromatic nitrogens is 2. The molecule has 24 nitrogen and oxygen atoms in total. The van der Waals surface area contributed by atoms with Gasteiger partial charge in [0.2, 0.25) is 0 Å². The molecule has 0 aliphatic carbocycles. The van der Waals surface area contributed by atoms with Crippen LogP contribution in [0.15, 0.2) is 27.7 Å². The van der Waals surface area contributed by atoms with Crippen molar-refractivity contribution in [3.8, 4) is 22.9 Å². The first-order chi connectivity index (χ1) is 17.8. The number of azide groups is 1. The lowest BCUT2D eigenvalue weighted by molar-refractivity contribution is -0.402. The maximum atomic E-state index is 11.8. The summed E-state index contributed by atoms with van der Waals surface area (Å²) >= 11 is 0. The Balaban J connectivity index is 2.47. The first-order valence-electron chi connectivity index (χ1n) is 8.94. The van der Waals surface area contributed by atoms with E-state index in [0.29, 0.717) is 12.1 Å². The van der Waals surface area contributed by atoms with Gasteiger partial charge >= 0.3 is 5.69 Å². The minimum absolute atomic E-state index is 0.174. The molecule has 0 unspecified atom stereocenters. The van der Waals surface area contributed by atoms with Gasteiger partial charge in [0.15, 0.2) is 16.8 Å². The number of rotatable bonds is 9. The van der Waals surface area contributed by atoms with Crippen molar-refractivity contribution >= 4 is 39.8 Å². The molecule has 1 heterocycles. The molecule has 192 valence electrons. The van der Waals surface area contributed by atoms with Gasteiger partial charge in [0, 0.05) is 4.91 Å². The van der Waals surface area contributed by atoms with E-state index in [0.717, 1.165) is 0 Å². The second-order valence-corrected chi connectivity index (χ2v) is 6.49. The minimum atomic E-state index is -1.55. The van der Waals surface area contributed by atoms with Crippen LogP contribution in [-0.4, -0.2) is 39.7 Å². The van der Waals surface area contributed by atoms with Crippen molar-refractivity contribution in [2.75, 3.05) is 0 Å². The van der Waals surface area contributed by atoms with Gasteiger partial charge in [-0.2, -0.15) is 0 Å². The van der Waals surface area contributed by atoms with Gasteiger partial charge in [-0.05, 0) is 10.6 Å². The zero-order valence-electron chi connectivity index (χ0n) is 17.5. The number of nitro benzene ring substituents is 6. The Labute approximate surface area is 202 Å². The van der Waals surface area contributed by atoms with Crippen molar-refractivity contribution in [3.63, 3.8) is 0 Å². The number of nitro groups is 6. The fourth-order valence-corrected chi connectivity index (χ4v) is 3.08. The molecule has 3 rings (SSSR count). The molecule has 3 aromatic rings. The van der Waals surface area contributed by atoms with Crippen LogP contribution in [0.5, 0.6) is 0 Å². The van der Waals surface area contributed by atoms with Gasteiger partial charge in [-0.3, -0.25) is 60.7 Å². The van der Waals surface area contributed by atoms with Crippen molar-refractivity contribution < 1.29 is 34.0 Å². The Morgan fingerprint density at radius 3 is 1.50 bits per heavy atom. The normalized spacial score (nSPS) is 10.3. The molecule has 38 heavy (non-hydrogen) atoms. The third-order valence-electron chi connectivity index (χ3n) is 4.49. The van der Waals surface area contributed by atoms with Crippen LogP contribution in [-0.2, 0) is 0 Å². The van der Waals surface area contributed by atoms with E-state index in [1.165, 1.54) is 0 Å². The van der Waals surface area contributed by atoms with Gasteiger partial charge in [0.25, 0.3) is 40.2 Å². The van der Waals surface area contributed by atoms with Crippen molar-refractivity contribution in [1.82, 2.24) is 10.2 Å². The second kappa shape index (κ2) is 9.50. The molecule has 24 heteroatoms. The molecule has 0 radical (unpaired) electrons. The third kappa shape index (κ3) is 4.36. The van der Waals surface area contributed by atoms with E-state index in [2.05, 4.69) is 20.2 Å². The average molecular weight is 533 g/mol. The van der Waals surface area contributed by atoms with Gasteiger partial charge in [0.05, 0.1) is 47.7 Å². The molecule has 1 aromatic heterocycles. The Hall–Kier alpha value is -6.71. The number of non-ortho nitro benzene ring substituents is 1. The third-order valence-corrected chi connectivity index (χ3v) is 4.49. The second-order valence-electron chi connectivity index (χ2n) is 6.49. The molecular formula is C14H3N11O13. The van der Waals surface area contributed by atoms with E-state index in [-0.39, 0.29) is 6.07 Å². The fraction of sp³-hybridized carbons (Fsp3) is 0. The van der Waals surface area contributed by atoms with Crippen LogP contribution in [0.2, 0.25) is 0 Å². The predicted octanol–water partition coefficient (Wildman–Crippen LogP) is 3.79. The molecular weight excluding hydrogens is 530 g/mol. The van der Waals surface area contributed by atoms with Crippen LogP contribution in [0.3, 0.4) is 0 Å². The van der Waals surface area contributed by atoms with Crippen molar-refractivity contribution in [2.45, 2.75) is 0 Å². The number of hydrogen-bond donors (Lipinski definition) is 0. The molecule has 0 spiro atoms. The highest BCUT2D eigenvalue weighted by Gasteiger charge is 2.41. The Kier molecular flexibility index (Phi) is 6.48. The monoisotopic (exact) mass is 533 g/mol. The van der Waals surface area contributed by atoms with E-state index in [4.69, 9.17) is 9.95 Å². The summed E-state index contributed by atoms with van der Waals surface area (Å²) in [5.41, 5.74) is -2.91. The summed E-state index contributed by atoms with van der Waals surface area (Å²) in [6.07, 6.45) is 0. The Morgan fingerprint density at radius 1 is 0.658 bits per heavy atom. The van der Waals surface area contributed by atoms with Gasteiger partial charge < -0.3 is 4.42 Å². The Morgan fingerprint density at radius 2 is 1.11 bits per heavy atom. The van der Waals surface area contributed by atoms with Crippen molar-refractivity contribution in [3.05, 3.63) is 89.3 Å². The van der Waals surface area contributed by atoms with Crippen LogP contribution < -0.4 is 0 Å². The van der Waals surface area contributed by atoms with Gasteiger partial charge in [0.1, 0.15) is 0 Å². The first-order valence-corrected chi connectivity index (χ1v) is 8.94. The maximum Gasteiger partial charge on any atom is 0.305 e. The lowest BCUT2D eigenvalue weighted by Crippen LogP contribution is -2.02. The van der Waals surface area contributed by atoms with Gasteiger partial charge in [-0.25, -0.2) is 0 Å². The number of benzene rings is 2. The zero-order valence-corrected chi connectivity index (χ0v) is 17.5. The van der Waals surface area contributed by atoms with Crippen LogP contribution >= 0.6 is 0 Å². The van der Waals surface area contributed by atoms with Gasteiger partial charge in [-0.1, -0.05) is 0 Å². The first kappa shape index (κ1) is 25.9. The fourth-order valence-electron chi connectivity index (χ4n) is 3.08. The molecule has 0 aliphatic heterocycles. The zero-order chi connectivity index (χ0) is 28.5. The molecule has 0 N–H and O–H groups in total. The highest BCUT2D eigenvalue weighted by atomic mass is 16.6. The van der Waals surface area contributed by atoms with Crippen LogP contribution in [0.1, 0.15) is 0 Å². The maximum absolute atomic E-state index is 11.8. The SMILES string of the molecule is [N-]=[N+]=Nc1c([N+](=O)[O-])cc([N+](=O)[O-])c(-c2nnc(-c3c([N+](=O)[O-])cc([N+](=O)[O-])cc3[N+](=O)[O-])o2)c1[N+](=O)[O-]. The molecule has 0 atom stereocenters. The molecule has 2 aromatic carbocycles. The predicted molar refractivity (Wildman–Crippen MR) is 114 cm³/mol. The largest absolute Gasteiger partial charge is 0.415 e. The topological polar surface area (TPSA) is 347 Å². The standard InChI is InChI=1S/C14H3N11O13/c15-19-16-11-8(24(34)35)3-7(23(32)33)10(12(11)25(36)37)14-18-17-13(38-14)9-5(21(28)29)1-4(20(26)27)2-6(9)22(30)31/h1-3H. The summed E-state index contributed by atoms with van der Waals surface area (Å²) < 4.78 is 5.04. The smallest absolute Gasteiger partial charge is 0.305 e. The van der Waals surface area contributed by atoms with Crippen LogP contribution in [0.4, 0.5) is 39.8 Å². The number of hydrogen-bond acceptors (Lipinski definition) is 16. The minimum Gasteiger partial charge on any atom is -0.415 e. The highest BCUT2D eigenvalue weighted by Crippen LogP contribution is 2.50. The Bertz CT molecular complexity index is 1620. The van der Waals surface area contributed by atoms with E-state index in [1.807, 2.05) is 0 Å². The quantitative estimate of drug-likeness (QED) is 0.124. The van der Waals surface area contributed by atoms with Crippen LogP contribution in [0.25, 0.3) is 33.4 Å². The summed E-state index contributed by atoms with van der Waals surface area (Å²) in [4.78, 5) is 63.1. The van der Waals surface area contributed by atoms with Gasteiger partial charge in [-0.15, -0.1) is 10.2 Å². The van der Waals surface area contributed by atoms with E-state index < -0.39 is 92.3 Å². The molecule has 0 saturated heterocycles. The molecule has 0 aliphatic rings. The lowest BCUT2D eigenvalue weighted by Gasteiger charge is -2.04. The molecule has 0 fully saturated rings. The lowest BCUT2D eigenvalue weighted by atomic mass is 10.1. The molecule has 0 amide bonds. The summed E-state index contributed by atoms with van der Waals surface area (Å²) in [5.74, 6) is -2.34. The summed E-state index contributed by atoms with van der Waals surface area (Å²) in [6.45, 7) is 0. The molecule has 0 saturated carbocycles. The highest BCUT2D eigenvalue weighted by molar-refractivity contribution is 5.90. The van der Waals surface area contributed by atoms with E-state index >= 15 is 0 Å². The van der Waals surface area contributed by atoms with Crippen molar-refractivity contribution in [2.24, 2.45) is 5.11 Å². The van der Waals surface area contributed by atoms with E-state index in [1.54, 1.807) is 0 Å². The summed E-state index contributed by atoms with van der Waals surface area (Å²) in [5, 5.41) is 78.1. The van der Waals surface area contributed by atoms with Crippen LogP contribution in [0, 0.1) is 60.7 Å². The molecule has 0 bridgehead atoms. The van der Waals surface area contributed by atoms with Crippen molar-refractivity contribution in [1.29, 1.82) is 0 Å². The average Bonchev–Trinajstić information content (AvgIpc) is 3.31. The van der Waals surface area contributed by atoms with E-state index in [9.17, 15) is 60.7 Å². The summed E-state index contributed by atoms with van der Waals surface area (Å²) in [6, 6.07) is 0.790. The summed E-state index contributed by atoms with van der Waals surface area (Å²) in [7, 11) is 0. The number of nitrogens with zero attached hydrogens (tertiary/aromatic N) is 11.